The number of amides is 1. The third-order valence-electron chi connectivity index (χ3n) is 2.88. The molecule has 0 radical (unpaired) electrons. The first-order chi connectivity index (χ1) is 10.1. The van der Waals surface area contributed by atoms with E-state index in [2.05, 4.69) is 5.32 Å². The van der Waals surface area contributed by atoms with Crippen LogP contribution in [0, 0.1) is 5.82 Å². The lowest BCUT2D eigenvalue weighted by molar-refractivity contribution is 0.0955. The van der Waals surface area contributed by atoms with Crippen LogP contribution in [0.1, 0.15) is 22.8 Å². The molecule has 5 heteroatoms. The highest BCUT2D eigenvalue weighted by Crippen LogP contribution is 2.22. The van der Waals surface area contributed by atoms with Gasteiger partial charge in [0.15, 0.2) is 0 Å². The van der Waals surface area contributed by atoms with Crippen molar-refractivity contribution in [1.29, 1.82) is 0 Å². The summed E-state index contributed by atoms with van der Waals surface area (Å²) in [5.74, 6) is -0.104. The fourth-order valence-electron chi connectivity index (χ4n) is 1.82. The number of benzene rings is 2. The maximum Gasteiger partial charge on any atom is 0.251 e. The van der Waals surface area contributed by atoms with Gasteiger partial charge in [0, 0.05) is 17.7 Å². The summed E-state index contributed by atoms with van der Waals surface area (Å²) in [6.07, 6.45) is 0. The Labute approximate surface area is 127 Å². The van der Waals surface area contributed by atoms with Gasteiger partial charge in [-0.05, 0) is 37.3 Å². The molecule has 0 atom stereocenters. The largest absolute Gasteiger partial charge is 0.489 e. The molecule has 0 aliphatic rings. The zero-order chi connectivity index (χ0) is 15.2. The zero-order valence-electron chi connectivity index (χ0n) is 11.5. The highest BCUT2D eigenvalue weighted by atomic mass is 35.5. The molecule has 1 N–H and O–H groups in total. The molecular weight excluding hydrogens is 293 g/mol. The summed E-state index contributed by atoms with van der Waals surface area (Å²) in [5.41, 5.74) is 0.788. The van der Waals surface area contributed by atoms with Crippen molar-refractivity contribution >= 4 is 17.5 Å². The molecule has 0 heterocycles. The van der Waals surface area contributed by atoms with E-state index in [4.69, 9.17) is 16.3 Å². The van der Waals surface area contributed by atoms with Crippen molar-refractivity contribution in [1.82, 2.24) is 5.32 Å². The molecule has 0 spiro atoms. The average molecular weight is 308 g/mol. The maximum atomic E-state index is 13.6. The molecular formula is C16H15ClFNO2. The van der Waals surface area contributed by atoms with Crippen LogP contribution in [-0.2, 0) is 6.61 Å². The highest BCUT2D eigenvalue weighted by molar-refractivity contribution is 6.31. The van der Waals surface area contributed by atoms with Crippen LogP contribution in [0.5, 0.6) is 5.75 Å². The Kier molecular flexibility index (Phi) is 5.17. The third kappa shape index (κ3) is 3.95. The maximum absolute atomic E-state index is 13.6. The number of hydrogen-bond donors (Lipinski definition) is 1. The number of rotatable bonds is 5. The van der Waals surface area contributed by atoms with E-state index in [1.54, 1.807) is 30.3 Å². The Morgan fingerprint density at radius 1 is 1.29 bits per heavy atom. The summed E-state index contributed by atoms with van der Waals surface area (Å²) >= 11 is 5.93. The minimum Gasteiger partial charge on any atom is -0.489 e. The summed E-state index contributed by atoms with van der Waals surface area (Å²) in [7, 11) is 0. The SMILES string of the molecule is CCNC(=O)c1cccc(OCc2c(F)cccc2Cl)c1. The molecule has 2 rings (SSSR count). The summed E-state index contributed by atoms with van der Waals surface area (Å²) in [5, 5.41) is 3.02. The van der Waals surface area contributed by atoms with E-state index in [0.717, 1.165) is 0 Å². The molecule has 0 saturated heterocycles. The van der Waals surface area contributed by atoms with Crippen LogP contribution in [0.3, 0.4) is 0 Å². The summed E-state index contributed by atoms with van der Waals surface area (Å²) < 4.78 is 19.2. The second-order valence-electron chi connectivity index (χ2n) is 4.38. The number of hydrogen-bond acceptors (Lipinski definition) is 2. The standard InChI is InChI=1S/C16H15ClFNO2/c1-2-19-16(20)11-5-3-6-12(9-11)21-10-13-14(17)7-4-8-15(13)18/h3-9H,2,10H2,1H3,(H,19,20). The first-order valence-corrected chi connectivity index (χ1v) is 6.93. The molecule has 2 aromatic rings. The van der Waals surface area contributed by atoms with E-state index in [1.807, 2.05) is 6.92 Å². The minimum atomic E-state index is -0.414. The van der Waals surface area contributed by atoms with Crippen LogP contribution in [0.25, 0.3) is 0 Å². The molecule has 2 aromatic carbocycles. The van der Waals surface area contributed by atoms with Crippen LogP contribution >= 0.6 is 11.6 Å². The Hall–Kier alpha value is -2.07. The number of carbonyl (C=O) groups excluding carboxylic acids is 1. The van der Waals surface area contributed by atoms with Gasteiger partial charge in [0.25, 0.3) is 5.91 Å². The Morgan fingerprint density at radius 2 is 2.05 bits per heavy atom. The fourth-order valence-corrected chi connectivity index (χ4v) is 2.03. The smallest absolute Gasteiger partial charge is 0.251 e. The molecule has 0 saturated carbocycles. The third-order valence-corrected chi connectivity index (χ3v) is 3.23. The van der Waals surface area contributed by atoms with Gasteiger partial charge in [-0.3, -0.25) is 4.79 Å². The van der Waals surface area contributed by atoms with Gasteiger partial charge < -0.3 is 10.1 Å². The number of halogens is 2. The molecule has 0 unspecified atom stereocenters. The topological polar surface area (TPSA) is 38.3 Å². The van der Waals surface area contributed by atoms with Crippen LogP contribution in [-0.4, -0.2) is 12.5 Å². The molecule has 3 nitrogen and oxygen atoms in total. The van der Waals surface area contributed by atoms with Gasteiger partial charge in [-0.2, -0.15) is 0 Å². The lowest BCUT2D eigenvalue weighted by atomic mass is 10.2. The molecule has 110 valence electrons. The summed E-state index contributed by atoms with van der Waals surface area (Å²) in [6.45, 7) is 2.40. The van der Waals surface area contributed by atoms with E-state index >= 15 is 0 Å². The van der Waals surface area contributed by atoms with Crippen molar-refractivity contribution in [3.63, 3.8) is 0 Å². The number of ether oxygens (including phenoxy) is 1. The van der Waals surface area contributed by atoms with E-state index in [-0.39, 0.29) is 12.5 Å². The van der Waals surface area contributed by atoms with Crippen molar-refractivity contribution in [3.8, 4) is 5.75 Å². The molecule has 0 aliphatic carbocycles. The van der Waals surface area contributed by atoms with Crippen LogP contribution in [0.2, 0.25) is 5.02 Å². The second kappa shape index (κ2) is 7.09. The minimum absolute atomic E-state index is 0.00432. The lowest BCUT2D eigenvalue weighted by Gasteiger charge is -2.10. The quantitative estimate of drug-likeness (QED) is 0.912. The van der Waals surface area contributed by atoms with Crippen molar-refractivity contribution in [3.05, 3.63) is 64.4 Å². The van der Waals surface area contributed by atoms with Crippen molar-refractivity contribution in [2.45, 2.75) is 13.5 Å². The molecule has 21 heavy (non-hydrogen) atoms. The second-order valence-corrected chi connectivity index (χ2v) is 4.78. The van der Waals surface area contributed by atoms with Gasteiger partial charge in [-0.1, -0.05) is 23.7 Å². The Bertz CT molecular complexity index is 626. The normalized spacial score (nSPS) is 10.2. The van der Waals surface area contributed by atoms with E-state index in [9.17, 15) is 9.18 Å². The first kappa shape index (κ1) is 15.3. The molecule has 0 aliphatic heterocycles. The molecule has 0 bridgehead atoms. The zero-order valence-corrected chi connectivity index (χ0v) is 12.3. The van der Waals surface area contributed by atoms with Crippen LogP contribution < -0.4 is 10.1 Å². The van der Waals surface area contributed by atoms with Crippen molar-refractivity contribution in [2.75, 3.05) is 6.54 Å². The summed E-state index contributed by atoms with van der Waals surface area (Å²) in [6, 6.07) is 11.2. The van der Waals surface area contributed by atoms with Crippen LogP contribution in [0.4, 0.5) is 4.39 Å². The van der Waals surface area contributed by atoms with Crippen LogP contribution in [0.15, 0.2) is 42.5 Å². The van der Waals surface area contributed by atoms with E-state index in [1.165, 1.54) is 12.1 Å². The molecule has 0 fully saturated rings. The van der Waals surface area contributed by atoms with Gasteiger partial charge in [0.2, 0.25) is 0 Å². The molecule has 1 amide bonds. The van der Waals surface area contributed by atoms with E-state index < -0.39 is 5.82 Å². The summed E-state index contributed by atoms with van der Waals surface area (Å²) in [4.78, 5) is 11.7. The highest BCUT2D eigenvalue weighted by Gasteiger charge is 2.09. The fraction of sp³-hybridized carbons (Fsp3) is 0.188. The average Bonchev–Trinajstić information content (AvgIpc) is 2.47. The predicted molar refractivity (Wildman–Crippen MR) is 80.2 cm³/mol. The number of carbonyl (C=O) groups is 1. The first-order valence-electron chi connectivity index (χ1n) is 6.55. The van der Waals surface area contributed by atoms with Gasteiger partial charge in [-0.25, -0.2) is 4.39 Å². The van der Waals surface area contributed by atoms with Gasteiger partial charge >= 0.3 is 0 Å². The Balaban J connectivity index is 2.10. The van der Waals surface area contributed by atoms with Crippen molar-refractivity contribution < 1.29 is 13.9 Å². The lowest BCUT2D eigenvalue weighted by Crippen LogP contribution is -2.22. The van der Waals surface area contributed by atoms with Gasteiger partial charge in [-0.15, -0.1) is 0 Å². The van der Waals surface area contributed by atoms with Gasteiger partial charge in [0.05, 0.1) is 5.02 Å². The molecule has 0 aromatic heterocycles. The number of nitrogens with one attached hydrogen (secondary N) is 1. The van der Waals surface area contributed by atoms with Gasteiger partial charge in [0.1, 0.15) is 18.2 Å². The van der Waals surface area contributed by atoms with Crippen molar-refractivity contribution in [2.24, 2.45) is 0 Å². The van der Waals surface area contributed by atoms with E-state index in [0.29, 0.717) is 28.4 Å². The predicted octanol–water partition coefficient (Wildman–Crippen LogP) is 3.81. The monoisotopic (exact) mass is 307 g/mol. The Morgan fingerprint density at radius 3 is 2.76 bits per heavy atom.